The van der Waals surface area contributed by atoms with Gasteiger partial charge >= 0.3 is 0 Å². The molecule has 1 aromatic carbocycles. The summed E-state index contributed by atoms with van der Waals surface area (Å²) < 4.78 is 13.0. The highest BCUT2D eigenvalue weighted by Crippen LogP contribution is 2.19. The molecule has 2 aromatic rings. The van der Waals surface area contributed by atoms with Gasteiger partial charge < -0.3 is 10.3 Å². The first-order valence-electron chi connectivity index (χ1n) is 9.05. The lowest BCUT2D eigenvalue weighted by molar-refractivity contribution is -0.120. The average molecular weight is 336 g/mol. The molecule has 0 saturated carbocycles. The Labute approximate surface area is 146 Å². The lowest BCUT2D eigenvalue weighted by Crippen LogP contribution is -2.24. The number of unbranched alkanes of at least 4 members (excludes halogenated alkanes) is 1. The van der Waals surface area contributed by atoms with E-state index in [9.17, 15) is 9.18 Å². The Kier molecular flexibility index (Phi) is 12.5. The second-order valence-electron chi connectivity index (χ2n) is 5.66. The molecule has 24 heavy (non-hydrogen) atoms. The van der Waals surface area contributed by atoms with Crippen molar-refractivity contribution in [1.82, 2.24) is 10.3 Å². The monoisotopic (exact) mass is 336 g/mol. The fourth-order valence-corrected chi connectivity index (χ4v) is 1.83. The van der Waals surface area contributed by atoms with Crippen molar-refractivity contribution in [3.8, 4) is 0 Å². The third-order valence-corrected chi connectivity index (χ3v) is 3.27. The molecule has 0 unspecified atom stereocenters. The first-order valence-corrected chi connectivity index (χ1v) is 9.05. The zero-order chi connectivity index (χ0) is 18.4. The predicted octanol–water partition coefficient (Wildman–Crippen LogP) is 5.60. The van der Waals surface area contributed by atoms with Crippen LogP contribution in [0.2, 0.25) is 0 Å². The van der Waals surface area contributed by atoms with Gasteiger partial charge in [0.05, 0.1) is 0 Å². The first kappa shape index (κ1) is 22.2. The van der Waals surface area contributed by atoms with Crippen molar-refractivity contribution < 1.29 is 9.18 Å². The smallest absolute Gasteiger partial charge is 0.219 e. The van der Waals surface area contributed by atoms with Gasteiger partial charge in [-0.05, 0) is 30.2 Å². The Hall–Kier alpha value is -1.84. The molecular weight excluding hydrogens is 303 g/mol. The van der Waals surface area contributed by atoms with Crippen LogP contribution in [0.3, 0.4) is 0 Å². The van der Waals surface area contributed by atoms with E-state index in [4.69, 9.17) is 0 Å². The molecule has 136 valence electrons. The number of carbonyl (C=O) groups excluding carboxylic acids is 1. The van der Waals surface area contributed by atoms with E-state index in [1.54, 1.807) is 6.07 Å². The zero-order valence-electron chi connectivity index (χ0n) is 15.8. The van der Waals surface area contributed by atoms with E-state index in [-0.39, 0.29) is 11.7 Å². The Morgan fingerprint density at radius 2 is 1.75 bits per heavy atom. The number of benzene rings is 1. The minimum Gasteiger partial charge on any atom is -0.361 e. The highest BCUT2D eigenvalue weighted by molar-refractivity contribution is 5.83. The van der Waals surface area contributed by atoms with Crippen molar-refractivity contribution in [1.29, 1.82) is 0 Å². The molecule has 0 fully saturated rings. The number of amides is 1. The molecule has 4 heteroatoms. The Morgan fingerprint density at radius 3 is 2.29 bits per heavy atom. The van der Waals surface area contributed by atoms with Crippen molar-refractivity contribution >= 4 is 16.8 Å². The van der Waals surface area contributed by atoms with Crippen molar-refractivity contribution in [3.05, 3.63) is 35.8 Å². The van der Waals surface area contributed by atoms with Crippen LogP contribution in [-0.4, -0.2) is 17.4 Å². The number of carbonyl (C=O) groups is 1. The number of hydrogen-bond donors (Lipinski definition) is 2. The molecule has 0 bridgehead atoms. The number of H-pyrrole nitrogens is 1. The van der Waals surface area contributed by atoms with Crippen molar-refractivity contribution in [3.63, 3.8) is 0 Å². The highest BCUT2D eigenvalue weighted by atomic mass is 19.1. The zero-order valence-corrected chi connectivity index (χ0v) is 15.8. The minimum atomic E-state index is -0.245. The summed E-state index contributed by atoms with van der Waals surface area (Å²) in [6.45, 7) is 11.0. The lowest BCUT2D eigenvalue weighted by Gasteiger charge is -2.02. The highest BCUT2D eigenvalue weighted by Gasteiger charge is 2.04. The maximum atomic E-state index is 13.0. The standard InChI is InChI=1S/C13H15FN2O.C4H10.C3H8/c1-2-13(17)15-6-5-9-8-16-12-7-10(14)3-4-11(9)12;1-3-4-2;1-3-2/h3-4,7-8,16H,2,5-6H2,1H3,(H,15,17);3-4H2,1-2H3;3H2,1-2H3. The van der Waals surface area contributed by atoms with Gasteiger partial charge in [-0.15, -0.1) is 0 Å². The van der Waals surface area contributed by atoms with Gasteiger partial charge in [0.2, 0.25) is 5.91 Å². The van der Waals surface area contributed by atoms with Gasteiger partial charge in [0.15, 0.2) is 0 Å². The van der Waals surface area contributed by atoms with Crippen LogP contribution in [0.1, 0.15) is 65.9 Å². The maximum Gasteiger partial charge on any atom is 0.219 e. The molecule has 0 aliphatic rings. The van der Waals surface area contributed by atoms with E-state index in [0.717, 1.165) is 22.9 Å². The van der Waals surface area contributed by atoms with E-state index in [1.807, 2.05) is 13.1 Å². The molecular formula is C20H33FN2O. The van der Waals surface area contributed by atoms with Crippen molar-refractivity contribution in [2.45, 2.75) is 66.7 Å². The Bertz CT molecular complexity index is 576. The maximum absolute atomic E-state index is 13.0. The fourth-order valence-electron chi connectivity index (χ4n) is 1.83. The molecule has 0 aliphatic carbocycles. The van der Waals surface area contributed by atoms with Gasteiger partial charge in [-0.25, -0.2) is 4.39 Å². The molecule has 0 aliphatic heterocycles. The molecule has 0 radical (unpaired) electrons. The molecule has 2 rings (SSSR count). The number of halogens is 1. The lowest BCUT2D eigenvalue weighted by atomic mass is 10.1. The molecule has 2 N–H and O–H groups in total. The summed E-state index contributed by atoms with van der Waals surface area (Å²) in [6, 6.07) is 4.69. The molecule has 1 heterocycles. The average Bonchev–Trinajstić information content (AvgIpc) is 2.97. The third kappa shape index (κ3) is 8.70. The van der Waals surface area contributed by atoms with Crippen LogP contribution in [0.5, 0.6) is 0 Å². The van der Waals surface area contributed by atoms with Crippen LogP contribution in [0, 0.1) is 5.82 Å². The van der Waals surface area contributed by atoms with Crippen LogP contribution in [-0.2, 0) is 11.2 Å². The topological polar surface area (TPSA) is 44.9 Å². The first-order chi connectivity index (χ1) is 11.5. The minimum absolute atomic E-state index is 0.0517. The molecule has 0 saturated heterocycles. The summed E-state index contributed by atoms with van der Waals surface area (Å²) in [7, 11) is 0. The fraction of sp³-hybridized carbons (Fsp3) is 0.550. The summed E-state index contributed by atoms with van der Waals surface area (Å²) >= 11 is 0. The number of aromatic nitrogens is 1. The molecule has 1 aromatic heterocycles. The van der Waals surface area contributed by atoms with E-state index < -0.39 is 0 Å². The summed E-state index contributed by atoms with van der Waals surface area (Å²) in [5, 5.41) is 3.83. The molecule has 3 nitrogen and oxygen atoms in total. The second-order valence-corrected chi connectivity index (χ2v) is 5.66. The van der Waals surface area contributed by atoms with Gasteiger partial charge in [-0.2, -0.15) is 0 Å². The molecule has 0 spiro atoms. The van der Waals surface area contributed by atoms with Crippen LogP contribution in [0.15, 0.2) is 24.4 Å². The molecule has 0 atom stereocenters. The SMILES string of the molecule is CCC.CCC(=O)NCCc1c[nH]c2cc(F)ccc12.CCCC. The van der Waals surface area contributed by atoms with Gasteiger partial charge in [0, 0.05) is 30.1 Å². The van der Waals surface area contributed by atoms with Crippen molar-refractivity contribution in [2.24, 2.45) is 0 Å². The third-order valence-electron chi connectivity index (χ3n) is 3.27. The molecule has 1 amide bonds. The summed E-state index contributed by atoms with van der Waals surface area (Å²) in [5.74, 6) is -0.193. The largest absolute Gasteiger partial charge is 0.361 e. The number of aromatic amines is 1. The number of fused-ring (bicyclic) bond motifs is 1. The van der Waals surface area contributed by atoms with Crippen molar-refractivity contribution in [2.75, 3.05) is 6.54 Å². The Morgan fingerprint density at radius 1 is 1.12 bits per heavy atom. The van der Waals surface area contributed by atoms with Gasteiger partial charge in [0.25, 0.3) is 0 Å². The second kappa shape index (κ2) is 13.6. The number of hydrogen-bond acceptors (Lipinski definition) is 1. The quantitative estimate of drug-likeness (QED) is 0.733. The van der Waals surface area contributed by atoms with Crippen LogP contribution < -0.4 is 5.32 Å². The van der Waals surface area contributed by atoms with E-state index in [0.29, 0.717) is 13.0 Å². The number of nitrogens with one attached hydrogen (secondary N) is 2. The van der Waals surface area contributed by atoms with Crippen LogP contribution in [0.4, 0.5) is 4.39 Å². The summed E-state index contributed by atoms with van der Waals surface area (Å²) in [6.07, 6.45) is 7.00. The van der Waals surface area contributed by atoms with E-state index >= 15 is 0 Å². The summed E-state index contributed by atoms with van der Waals surface area (Å²) in [4.78, 5) is 14.1. The number of rotatable bonds is 5. The van der Waals surface area contributed by atoms with Gasteiger partial charge in [-0.3, -0.25) is 4.79 Å². The normalized spacial score (nSPS) is 9.58. The van der Waals surface area contributed by atoms with Gasteiger partial charge in [-0.1, -0.05) is 53.9 Å². The van der Waals surface area contributed by atoms with E-state index in [1.165, 1.54) is 31.4 Å². The van der Waals surface area contributed by atoms with Gasteiger partial charge in [0.1, 0.15) is 5.82 Å². The predicted molar refractivity (Wildman–Crippen MR) is 102 cm³/mol. The van der Waals surface area contributed by atoms with Crippen LogP contribution in [0.25, 0.3) is 10.9 Å². The van der Waals surface area contributed by atoms with E-state index in [2.05, 4.69) is 38.0 Å². The Balaban J connectivity index is 0.000000648. The van der Waals surface area contributed by atoms with Crippen LogP contribution >= 0.6 is 0 Å². The summed E-state index contributed by atoms with van der Waals surface area (Å²) in [5.41, 5.74) is 1.89.